The number of rotatable bonds is 7. The predicted octanol–water partition coefficient (Wildman–Crippen LogP) is 5.91. The highest BCUT2D eigenvalue weighted by Crippen LogP contribution is 2.41. The normalized spacial score (nSPS) is 18.4. The van der Waals surface area contributed by atoms with E-state index in [0.29, 0.717) is 40.2 Å². The van der Waals surface area contributed by atoms with E-state index in [1.54, 1.807) is 18.2 Å². The molecular weight excluding hydrogens is 597 g/mol. The van der Waals surface area contributed by atoms with Crippen molar-refractivity contribution in [3.8, 4) is 11.4 Å². The number of carbonyl (C=O) groups excluding carboxylic acids is 3. The maximum atomic E-state index is 13.7. The van der Waals surface area contributed by atoms with Crippen LogP contribution in [0.5, 0.6) is 0 Å². The molecular formula is C34H35F3N6O3. The Morgan fingerprint density at radius 2 is 1.91 bits per heavy atom. The molecule has 3 N–H and O–H groups in total. The second kappa shape index (κ2) is 12.1. The summed E-state index contributed by atoms with van der Waals surface area (Å²) in [5.41, 5.74) is 3.38. The van der Waals surface area contributed by atoms with E-state index in [-0.39, 0.29) is 30.3 Å². The minimum Gasteiger partial charge on any atom is -0.369 e. The Labute approximate surface area is 264 Å². The Kier molecular flexibility index (Phi) is 8.22. The summed E-state index contributed by atoms with van der Waals surface area (Å²) in [4.78, 5) is 45.6. The zero-order chi connectivity index (χ0) is 32.7. The number of carbonyl (C=O) groups is 3. The van der Waals surface area contributed by atoms with Crippen LogP contribution in [0, 0.1) is 5.92 Å². The highest BCUT2D eigenvalue weighted by Gasteiger charge is 2.35. The molecule has 0 saturated carbocycles. The molecule has 3 heterocycles. The number of alkyl halides is 3. The third-order valence-corrected chi connectivity index (χ3v) is 8.85. The Morgan fingerprint density at radius 1 is 1.11 bits per heavy atom. The number of hydrogen-bond donors (Lipinski definition) is 3. The van der Waals surface area contributed by atoms with Crippen molar-refractivity contribution in [2.45, 2.75) is 58.4 Å². The number of aromatic nitrogens is 2. The smallest absolute Gasteiger partial charge is 0.369 e. The van der Waals surface area contributed by atoms with Gasteiger partial charge in [0.1, 0.15) is 11.9 Å². The summed E-state index contributed by atoms with van der Waals surface area (Å²) in [6, 6.07) is 15.2. The lowest BCUT2D eigenvalue weighted by molar-refractivity contribution is -0.137. The van der Waals surface area contributed by atoms with Crippen molar-refractivity contribution in [3.63, 3.8) is 0 Å². The lowest BCUT2D eigenvalue weighted by Gasteiger charge is -2.23. The molecule has 0 aliphatic carbocycles. The van der Waals surface area contributed by atoms with E-state index in [2.05, 4.69) is 20.9 Å². The Hall–Kier alpha value is -4.87. The van der Waals surface area contributed by atoms with Gasteiger partial charge in [0.25, 0.3) is 5.91 Å². The van der Waals surface area contributed by atoms with Gasteiger partial charge in [0.05, 0.1) is 22.3 Å². The highest BCUT2D eigenvalue weighted by molar-refractivity contribution is 6.03. The summed E-state index contributed by atoms with van der Waals surface area (Å²) in [5, 5.41) is 8.80. The van der Waals surface area contributed by atoms with E-state index >= 15 is 0 Å². The van der Waals surface area contributed by atoms with Gasteiger partial charge < -0.3 is 25.4 Å². The molecule has 3 amide bonds. The first-order valence-electron chi connectivity index (χ1n) is 15.4. The molecule has 46 heavy (non-hydrogen) atoms. The van der Waals surface area contributed by atoms with Gasteiger partial charge in [-0.15, -0.1) is 0 Å². The maximum absolute atomic E-state index is 13.7. The molecule has 9 nitrogen and oxygen atoms in total. The van der Waals surface area contributed by atoms with Gasteiger partial charge in [-0.2, -0.15) is 13.2 Å². The van der Waals surface area contributed by atoms with Crippen LogP contribution in [0.4, 0.5) is 24.5 Å². The van der Waals surface area contributed by atoms with Crippen molar-refractivity contribution in [3.05, 3.63) is 77.4 Å². The second-order valence-corrected chi connectivity index (χ2v) is 12.1. The molecule has 0 bridgehead atoms. The first kappa shape index (κ1) is 31.1. The van der Waals surface area contributed by atoms with E-state index in [9.17, 15) is 27.6 Å². The molecule has 1 aromatic heterocycles. The zero-order valence-electron chi connectivity index (χ0n) is 25.7. The number of anilines is 2. The first-order valence-corrected chi connectivity index (χ1v) is 15.4. The van der Waals surface area contributed by atoms with Gasteiger partial charge in [-0.25, -0.2) is 4.98 Å². The van der Waals surface area contributed by atoms with Gasteiger partial charge in [-0.05, 0) is 66.4 Å². The van der Waals surface area contributed by atoms with Crippen molar-refractivity contribution in [2.75, 3.05) is 23.3 Å². The number of amides is 3. The summed E-state index contributed by atoms with van der Waals surface area (Å²) in [6.45, 7) is 6.90. The average molecular weight is 633 g/mol. The standard InChI is InChI=1S/C34H35F3N6O3/c1-4-19(2)30-33(46)41-27-10-9-25(42-13-12-24(18-42)39-20(3)44)16-26(27)31-40-28-15-22(8-11-29(28)43(30)31)32(45)38-17-21-6-5-7-23(14-21)34(35,36)37/h5-11,14-16,19,24,30H,4,12-13,17-18H2,1-3H3,(H,38,45)(H,39,44)(H,41,46)/t19-,24?,30?/m0/s1. The number of hydrogen-bond acceptors (Lipinski definition) is 5. The minimum absolute atomic E-state index is 0.0302. The van der Waals surface area contributed by atoms with E-state index in [0.717, 1.165) is 42.8 Å². The minimum atomic E-state index is -4.48. The van der Waals surface area contributed by atoms with Crippen molar-refractivity contribution in [2.24, 2.45) is 5.92 Å². The third kappa shape index (κ3) is 6.03. The summed E-state index contributed by atoms with van der Waals surface area (Å²) in [5.74, 6) is -0.114. The van der Waals surface area contributed by atoms with E-state index < -0.39 is 23.7 Å². The van der Waals surface area contributed by atoms with Gasteiger partial charge in [0.2, 0.25) is 11.8 Å². The number of fused-ring (bicyclic) bond motifs is 5. The topological polar surface area (TPSA) is 108 Å². The van der Waals surface area contributed by atoms with Crippen molar-refractivity contribution < 1.29 is 27.6 Å². The number of nitrogens with zero attached hydrogens (tertiary/aromatic N) is 3. The number of nitrogens with one attached hydrogen (secondary N) is 3. The largest absolute Gasteiger partial charge is 0.416 e. The van der Waals surface area contributed by atoms with E-state index in [1.165, 1.54) is 19.1 Å². The fourth-order valence-corrected chi connectivity index (χ4v) is 6.34. The van der Waals surface area contributed by atoms with Crippen LogP contribution in [-0.2, 0) is 22.3 Å². The zero-order valence-corrected chi connectivity index (χ0v) is 25.7. The molecule has 0 spiro atoms. The fourth-order valence-electron chi connectivity index (χ4n) is 6.34. The van der Waals surface area contributed by atoms with Crippen LogP contribution in [0.2, 0.25) is 0 Å². The van der Waals surface area contributed by atoms with Gasteiger partial charge in [0, 0.05) is 49.4 Å². The number of halogens is 3. The fraction of sp³-hybridized carbons (Fsp3) is 0.353. The Morgan fingerprint density at radius 3 is 2.65 bits per heavy atom. The predicted molar refractivity (Wildman–Crippen MR) is 169 cm³/mol. The Balaban J connectivity index is 1.35. The third-order valence-electron chi connectivity index (χ3n) is 8.85. The molecule has 1 fully saturated rings. The van der Waals surface area contributed by atoms with Crippen LogP contribution in [0.15, 0.2) is 60.7 Å². The molecule has 2 aliphatic rings. The molecule has 0 radical (unpaired) electrons. The molecule has 6 rings (SSSR count). The second-order valence-electron chi connectivity index (χ2n) is 12.1. The molecule has 2 aliphatic heterocycles. The molecule has 4 aromatic rings. The van der Waals surface area contributed by atoms with Crippen LogP contribution < -0.4 is 20.9 Å². The lowest BCUT2D eigenvalue weighted by Crippen LogP contribution is -2.35. The van der Waals surface area contributed by atoms with Crippen LogP contribution >= 0.6 is 0 Å². The molecule has 3 aromatic carbocycles. The molecule has 3 atom stereocenters. The van der Waals surface area contributed by atoms with E-state index in [4.69, 9.17) is 4.98 Å². The van der Waals surface area contributed by atoms with Crippen LogP contribution in [-0.4, -0.2) is 46.4 Å². The SMILES string of the molecule is CC[C@H](C)C1C(=O)Nc2ccc(N3CCC(NC(C)=O)C3)cc2-c2nc3cc(C(=O)NCc4cccc(C(F)(F)F)c4)ccc3n21. The highest BCUT2D eigenvalue weighted by atomic mass is 19.4. The van der Waals surface area contributed by atoms with Gasteiger partial charge >= 0.3 is 6.18 Å². The van der Waals surface area contributed by atoms with Crippen molar-refractivity contribution in [1.82, 2.24) is 20.2 Å². The number of imidazole rings is 1. The van der Waals surface area contributed by atoms with Crippen LogP contribution in [0.25, 0.3) is 22.4 Å². The summed E-state index contributed by atoms with van der Waals surface area (Å²) in [6.07, 6.45) is -2.91. The first-order chi connectivity index (χ1) is 21.9. The quantitative estimate of drug-likeness (QED) is 0.235. The molecule has 12 heteroatoms. The van der Waals surface area contributed by atoms with E-state index in [1.807, 2.05) is 36.6 Å². The summed E-state index contributed by atoms with van der Waals surface area (Å²) < 4.78 is 41.4. The Bertz CT molecular complexity index is 1830. The van der Waals surface area contributed by atoms with Crippen molar-refractivity contribution in [1.29, 1.82) is 0 Å². The van der Waals surface area contributed by atoms with Gasteiger partial charge in [-0.3, -0.25) is 14.4 Å². The van der Waals surface area contributed by atoms with Crippen LogP contribution in [0.1, 0.15) is 61.1 Å². The molecule has 2 unspecified atom stereocenters. The van der Waals surface area contributed by atoms with Gasteiger partial charge in [0.15, 0.2) is 0 Å². The van der Waals surface area contributed by atoms with Crippen LogP contribution in [0.3, 0.4) is 0 Å². The maximum Gasteiger partial charge on any atom is 0.416 e. The molecule has 1 saturated heterocycles. The summed E-state index contributed by atoms with van der Waals surface area (Å²) in [7, 11) is 0. The number of benzene rings is 3. The van der Waals surface area contributed by atoms with Crippen molar-refractivity contribution >= 4 is 40.1 Å². The average Bonchev–Trinajstić information content (AvgIpc) is 3.61. The molecule has 240 valence electrons. The monoisotopic (exact) mass is 632 g/mol. The lowest BCUT2D eigenvalue weighted by atomic mass is 9.97. The van der Waals surface area contributed by atoms with Gasteiger partial charge in [-0.1, -0.05) is 32.4 Å². The summed E-state index contributed by atoms with van der Waals surface area (Å²) >= 11 is 0.